The number of carboxylic acid groups (broad SMARTS) is 1. The Hall–Kier alpha value is -1.89. The van der Waals surface area contributed by atoms with Crippen LogP contribution in [0.1, 0.15) is 43.0 Å². The highest BCUT2D eigenvalue weighted by atomic mass is 79.9. The van der Waals surface area contributed by atoms with Gasteiger partial charge in [0.1, 0.15) is 18.8 Å². The molecule has 148 valence electrons. The van der Waals surface area contributed by atoms with Crippen molar-refractivity contribution < 1.29 is 19.4 Å². The van der Waals surface area contributed by atoms with E-state index in [0.29, 0.717) is 17.9 Å². The van der Waals surface area contributed by atoms with Gasteiger partial charge in [-0.15, -0.1) is 0 Å². The van der Waals surface area contributed by atoms with Crippen LogP contribution in [0, 0.1) is 0 Å². The number of nitrogens with zero attached hydrogens (tertiary/aromatic N) is 1. The molecule has 3 atom stereocenters. The summed E-state index contributed by atoms with van der Waals surface area (Å²) in [6.45, 7) is 1.75. The molecular weight excluding hydrogens is 446 g/mol. The minimum absolute atomic E-state index is 0.159. The predicted octanol–water partition coefficient (Wildman–Crippen LogP) is 5.00. The molecule has 0 saturated carbocycles. The van der Waals surface area contributed by atoms with Gasteiger partial charge in [-0.3, -0.25) is 4.79 Å². The number of rotatable bonds is 6. The number of morpholine rings is 1. The van der Waals surface area contributed by atoms with Crippen molar-refractivity contribution in [1.82, 2.24) is 4.90 Å². The highest BCUT2D eigenvalue weighted by Gasteiger charge is 2.44. The Kier molecular flexibility index (Phi) is 6.75. The van der Waals surface area contributed by atoms with Crippen LogP contribution < -0.4 is 0 Å². The normalized spacial score (nSPS) is 20.8. The maximum absolute atomic E-state index is 12.8. The summed E-state index contributed by atoms with van der Waals surface area (Å²) >= 11 is 9.44. The van der Waals surface area contributed by atoms with Crippen molar-refractivity contribution in [2.45, 2.75) is 38.0 Å². The van der Waals surface area contributed by atoms with Gasteiger partial charge >= 0.3 is 5.97 Å². The third-order valence-corrected chi connectivity index (χ3v) is 5.63. The Morgan fingerprint density at radius 2 is 1.82 bits per heavy atom. The fourth-order valence-corrected chi connectivity index (χ4v) is 3.97. The molecule has 1 heterocycles. The number of benzene rings is 2. The Morgan fingerprint density at radius 1 is 1.21 bits per heavy atom. The molecular formula is C21H21BrClNO4. The van der Waals surface area contributed by atoms with Crippen LogP contribution in [0.15, 0.2) is 53.0 Å². The van der Waals surface area contributed by atoms with Gasteiger partial charge in [-0.05, 0) is 41.8 Å². The lowest BCUT2D eigenvalue weighted by Gasteiger charge is -2.44. The molecule has 0 aliphatic carbocycles. The summed E-state index contributed by atoms with van der Waals surface area (Å²) in [5.74, 6) is -1.33. The summed E-state index contributed by atoms with van der Waals surface area (Å²) in [6.07, 6.45) is 0.539. The standard InChI is InChI=1S/C21H21BrClNO4/c1-2-3-17(21(26)27)24-18(25)12-28-20(14-6-10-16(23)11-7-14)19(24)13-4-8-15(22)9-5-13/h4-11,17,19-20H,2-3,12H2,1H3,(H,26,27)/t17-,19+,20-/m0/s1. The number of hydrogen-bond acceptors (Lipinski definition) is 3. The highest BCUT2D eigenvalue weighted by Crippen LogP contribution is 2.42. The lowest BCUT2D eigenvalue weighted by molar-refractivity contribution is -0.171. The Morgan fingerprint density at radius 3 is 2.39 bits per heavy atom. The third kappa shape index (κ3) is 4.40. The number of ether oxygens (including phenoxy) is 1. The number of aliphatic carboxylic acids is 1. The van der Waals surface area contributed by atoms with E-state index in [4.69, 9.17) is 16.3 Å². The molecule has 0 bridgehead atoms. The van der Waals surface area contributed by atoms with Crippen LogP contribution in [0.5, 0.6) is 0 Å². The van der Waals surface area contributed by atoms with Crippen LogP contribution in [0.4, 0.5) is 0 Å². The molecule has 28 heavy (non-hydrogen) atoms. The number of carbonyl (C=O) groups excluding carboxylic acids is 1. The van der Waals surface area contributed by atoms with Crippen molar-refractivity contribution in [2.75, 3.05) is 6.61 Å². The van der Waals surface area contributed by atoms with E-state index < -0.39 is 24.2 Å². The van der Waals surface area contributed by atoms with E-state index in [0.717, 1.165) is 15.6 Å². The number of amides is 1. The molecule has 2 aromatic rings. The first-order valence-electron chi connectivity index (χ1n) is 9.09. The third-order valence-electron chi connectivity index (χ3n) is 4.85. The number of hydrogen-bond donors (Lipinski definition) is 1. The first-order valence-corrected chi connectivity index (χ1v) is 10.3. The zero-order valence-electron chi connectivity index (χ0n) is 15.3. The summed E-state index contributed by atoms with van der Waals surface area (Å²) < 4.78 is 6.81. The molecule has 1 fully saturated rings. The number of carboxylic acids is 1. The molecule has 5 nitrogen and oxygen atoms in total. The van der Waals surface area contributed by atoms with E-state index in [1.807, 2.05) is 43.3 Å². The first-order chi connectivity index (χ1) is 13.4. The Bertz CT molecular complexity index is 840. The molecule has 3 rings (SSSR count). The van der Waals surface area contributed by atoms with Crippen LogP contribution in [0.2, 0.25) is 5.02 Å². The summed E-state index contributed by atoms with van der Waals surface area (Å²) in [4.78, 5) is 26.3. The second-order valence-corrected chi connectivity index (χ2v) is 8.08. The first kappa shape index (κ1) is 20.8. The molecule has 1 N–H and O–H groups in total. The van der Waals surface area contributed by atoms with Crippen molar-refractivity contribution in [1.29, 1.82) is 0 Å². The van der Waals surface area contributed by atoms with Gasteiger partial charge in [-0.25, -0.2) is 4.79 Å². The largest absolute Gasteiger partial charge is 0.480 e. The number of carbonyl (C=O) groups is 2. The minimum atomic E-state index is -1.01. The summed E-state index contributed by atoms with van der Waals surface area (Å²) in [5, 5.41) is 10.4. The van der Waals surface area contributed by atoms with Gasteiger partial charge in [-0.2, -0.15) is 0 Å². The molecule has 1 aliphatic rings. The monoisotopic (exact) mass is 465 g/mol. The molecule has 0 radical (unpaired) electrons. The van der Waals surface area contributed by atoms with Crippen LogP contribution in [-0.4, -0.2) is 34.5 Å². The predicted molar refractivity (Wildman–Crippen MR) is 110 cm³/mol. The van der Waals surface area contributed by atoms with Gasteiger partial charge < -0.3 is 14.7 Å². The molecule has 1 amide bonds. The summed E-state index contributed by atoms with van der Waals surface area (Å²) in [6, 6.07) is 13.3. The average Bonchev–Trinajstić information content (AvgIpc) is 2.67. The van der Waals surface area contributed by atoms with Gasteiger partial charge in [0.15, 0.2) is 0 Å². The molecule has 0 unspecified atom stereocenters. The summed E-state index contributed by atoms with van der Waals surface area (Å²) in [5.41, 5.74) is 1.66. The molecule has 0 spiro atoms. The van der Waals surface area contributed by atoms with Crippen molar-refractivity contribution in [3.05, 3.63) is 69.2 Å². The van der Waals surface area contributed by atoms with Gasteiger partial charge in [0.2, 0.25) is 5.91 Å². The van der Waals surface area contributed by atoms with Gasteiger partial charge in [0.05, 0.1) is 6.04 Å². The summed E-state index contributed by atoms with van der Waals surface area (Å²) in [7, 11) is 0. The molecule has 7 heteroatoms. The van der Waals surface area contributed by atoms with Crippen LogP contribution in [-0.2, 0) is 14.3 Å². The Labute approximate surface area is 177 Å². The topological polar surface area (TPSA) is 66.8 Å². The highest BCUT2D eigenvalue weighted by molar-refractivity contribution is 9.10. The van der Waals surface area contributed by atoms with Crippen molar-refractivity contribution in [3.8, 4) is 0 Å². The fourth-order valence-electron chi connectivity index (χ4n) is 3.58. The van der Waals surface area contributed by atoms with Gasteiger partial charge in [0.25, 0.3) is 0 Å². The lowest BCUT2D eigenvalue weighted by Crippen LogP contribution is -2.53. The van der Waals surface area contributed by atoms with Crippen LogP contribution >= 0.6 is 27.5 Å². The molecule has 2 aromatic carbocycles. The maximum atomic E-state index is 12.8. The molecule has 0 aromatic heterocycles. The average molecular weight is 467 g/mol. The molecule has 1 aliphatic heterocycles. The lowest BCUT2D eigenvalue weighted by atomic mass is 9.91. The Balaban J connectivity index is 2.11. The van der Waals surface area contributed by atoms with Crippen LogP contribution in [0.3, 0.4) is 0 Å². The van der Waals surface area contributed by atoms with Crippen molar-refractivity contribution in [2.24, 2.45) is 0 Å². The second kappa shape index (κ2) is 9.07. The second-order valence-electron chi connectivity index (χ2n) is 6.72. The molecule has 1 saturated heterocycles. The zero-order chi connectivity index (χ0) is 20.3. The smallest absolute Gasteiger partial charge is 0.326 e. The minimum Gasteiger partial charge on any atom is -0.480 e. The quantitative estimate of drug-likeness (QED) is 0.651. The van der Waals surface area contributed by atoms with Gasteiger partial charge in [-0.1, -0.05) is 65.1 Å². The van der Waals surface area contributed by atoms with E-state index in [1.54, 1.807) is 12.1 Å². The zero-order valence-corrected chi connectivity index (χ0v) is 17.7. The van der Waals surface area contributed by atoms with E-state index >= 15 is 0 Å². The van der Waals surface area contributed by atoms with Crippen molar-refractivity contribution >= 4 is 39.4 Å². The maximum Gasteiger partial charge on any atom is 0.326 e. The number of halogens is 2. The SMILES string of the molecule is CCC[C@@H](C(=O)O)N1C(=O)CO[C@@H](c2ccc(Cl)cc2)[C@H]1c1ccc(Br)cc1. The van der Waals surface area contributed by atoms with E-state index in [-0.39, 0.29) is 12.5 Å². The van der Waals surface area contributed by atoms with E-state index in [2.05, 4.69) is 15.9 Å². The van der Waals surface area contributed by atoms with E-state index in [1.165, 1.54) is 4.90 Å². The van der Waals surface area contributed by atoms with Gasteiger partial charge in [0, 0.05) is 9.50 Å². The fraction of sp³-hybridized carbons (Fsp3) is 0.333. The van der Waals surface area contributed by atoms with E-state index in [9.17, 15) is 14.7 Å². The van der Waals surface area contributed by atoms with Crippen molar-refractivity contribution in [3.63, 3.8) is 0 Å². The van der Waals surface area contributed by atoms with Crippen LogP contribution in [0.25, 0.3) is 0 Å².